The van der Waals surface area contributed by atoms with Crippen molar-refractivity contribution in [3.63, 3.8) is 0 Å². The fourth-order valence-electron chi connectivity index (χ4n) is 8.16. The lowest BCUT2D eigenvalue weighted by atomic mass is 9.79. The quantitative estimate of drug-likeness (QED) is 0.182. The van der Waals surface area contributed by atoms with E-state index in [4.69, 9.17) is 0 Å². The molecule has 0 aliphatic heterocycles. The molecule has 252 valence electrons. The van der Waals surface area contributed by atoms with E-state index >= 15 is 0 Å². The fourth-order valence-corrected chi connectivity index (χ4v) is 8.16. The van der Waals surface area contributed by atoms with Gasteiger partial charge >= 0.3 is 0 Å². The molecule has 6 nitrogen and oxygen atoms in total. The van der Waals surface area contributed by atoms with Crippen molar-refractivity contribution in [3.8, 4) is 0 Å². The second kappa shape index (κ2) is 18.7. The highest BCUT2D eigenvalue weighted by Gasteiger charge is 2.29. The van der Waals surface area contributed by atoms with Crippen molar-refractivity contribution in [2.75, 3.05) is 10.6 Å². The molecule has 0 unspecified atom stereocenters. The summed E-state index contributed by atoms with van der Waals surface area (Å²) < 4.78 is 0. The van der Waals surface area contributed by atoms with Crippen LogP contribution in [0.15, 0.2) is 18.2 Å². The Hall–Kier alpha value is -2.37. The van der Waals surface area contributed by atoms with Crippen molar-refractivity contribution in [1.82, 2.24) is 5.32 Å². The number of rotatable bonds is 15. The Morgan fingerprint density at radius 2 is 0.933 bits per heavy atom. The van der Waals surface area contributed by atoms with Crippen LogP contribution in [0.5, 0.6) is 0 Å². The molecule has 0 radical (unpaired) electrons. The molecule has 0 spiro atoms. The van der Waals surface area contributed by atoms with Crippen LogP contribution in [-0.2, 0) is 9.59 Å². The average Bonchev–Trinajstić information content (AvgIpc) is 3.06. The zero-order chi connectivity index (χ0) is 32.0. The van der Waals surface area contributed by atoms with Gasteiger partial charge in [0.1, 0.15) is 0 Å². The second-order valence-corrected chi connectivity index (χ2v) is 14.8. The first kappa shape index (κ1) is 35.5. The Balaban J connectivity index is 1.40. The van der Waals surface area contributed by atoms with E-state index in [0.717, 1.165) is 82.0 Å². The Labute approximate surface area is 274 Å². The summed E-state index contributed by atoms with van der Waals surface area (Å²) in [5.41, 5.74) is 1.70. The second-order valence-electron chi connectivity index (χ2n) is 14.8. The minimum absolute atomic E-state index is 0.00388. The minimum Gasteiger partial charge on any atom is -0.349 e. The van der Waals surface area contributed by atoms with Gasteiger partial charge in [-0.3, -0.25) is 14.4 Å². The van der Waals surface area contributed by atoms with Gasteiger partial charge in [-0.1, -0.05) is 78.6 Å². The Morgan fingerprint density at radius 3 is 1.31 bits per heavy atom. The molecule has 45 heavy (non-hydrogen) atoms. The minimum atomic E-state index is -0.119. The molecule has 3 saturated carbocycles. The van der Waals surface area contributed by atoms with Crippen LogP contribution in [0.4, 0.5) is 11.4 Å². The van der Waals surface area contributed by atoms with Crippen LogP contribution in [0.2, 0.25) is 0 Å². The van der Waals surface area contributed by atoms with E-state index in [1.54, 1.807) is 12.1 Å². The third kappa shape index (κ3) is 11.4. The van der Waals surface area contributed by atoms with E-state index in [2.05, 4.69) is 36.7 Å². The summed E-state index contributed by atoms with van der Waals surface area (Å²) in [6.07, 6.45) is 23.9. The van der Waals surface area contributed by atoms with E-state index in [-0.39, 0.29) is 35.6 Å². The van der Waals surface area contributed by atoms with Gasteiger partial charge in [-0.05, 0) is 113 Å². The highest BCUT2D eigenvalue weighted by atomic mass is 16.2. The molecule has 3 aliphatic carbocycles. The molecular formula is C39H63N3O3. The zero-order valence-electron chi connectivity index (χ0n) is 28.8. The molecule has 1 aromatic rings. The van der Waals surface area contributed by atoms with Crippen molar-refractivity contribution in [2.45, 2.75) is 162 Å². The molecule has 4 rings (SSSR count). The standard InChI is InChI=1S/C39H63N3O3/c1-4-7-10-28-13-19-31(20-14-28)37(43)41-35-25-33(39(45)40-34-23-17-30(18-24-34)12-9-6-3)26-36(27-35)42-38(44)32-21-15-29(16-22-32)11-8-5-2/h25-32,34H,4-24H2,1-3H3,(H,40,45)(H,41,43)(H,42,44). The van der Waals surface area contributed by atoms with Crippen molar-refractivity contribution in [3.05, 3.63) is 23.8 Å². The third-order valence-electron chi connectivity index (χ3n) is 11.2. The maximum Gasteiger partial charge on any atom is 0.251 e. The van der Waals surface area contributed by atoms with Crippen LogP contribution in [-0.4, -0.2) is 23.8 Å². The molecule has 0 aromatic heterocycles. The molecule has 0 heterocycles. The maximum atomic E-state index is 13.6. The van der Waals surface area contributed by atoms with Crippen LogP contribution in [0.1, 0.15) is 166 Å². The van der Waals surface area contributed by atoms with Crippen molar-refractivity contribution in [1.29, 1.82) is 0 Å². The summed E-state index contributed by atoms with van der Waals surface area (Å²) in [4.78, 5) is 40.3. The normalized spacial score (nSPS) is 27.0. The first-order chi connectivity index (χ1) is 21.9. The molecule has 6 heteroatoms. The summed E-state index contributed by atoms with van der Waals surface area (Å²) in [6, 6.07) is 5.60. The SMILES string of the molecule is CCCCC1CCC(NC(=O)c2cc(NC(=O)C3CCC(CCCC)CC3)cc(NC(=O)C3CCC(CCCC)CC3)c2)CC1. The predicted molar refractivity (Wildman–Crippen MR) is 186 cm³/mol. The van der Waals surface area contributed by atoms with Crippen LogP contribution in [0.3, 0.4) is 0 Å². The van der Waals surface area contributed by atoms with Gasteiger partial charge < -0.3 is 16.0 Å². The monoisotopic (exact) mass is 621 g/mol. The van der Waals surface area contributed by atoms with E-state index in [1.165, 1.54) is 70.6 Å². The van der Waals surface area contributed by atoms with Gasteiger partial charge in [0.05, 0.1) is 0 Å². The molecule has 0 saturated heterocycles. The Kier molecular flexibility index (Phi) is 14.7. The number of hydrogen-bond acceptors (Lipinski definition) is 3. The van der Waals surface area contributed by atoms with Crippen LogP contribution >= 0.6 is 0 Å². The van der Waals surface area contributed by atoms with E-state index < -0.39 is 0 Å². The van der Waals surface area contributed by atoms with Crippen LogP contribution in [0.25, 0.3) is 0 Å². The summed E-state index contributed by atoms with van der Waals surface area (Å²) in [5, 5.41) is 9.56. The molecule has 0 bridgehead atoms. The highest BCUT2D eigenvalue weighted by molar-refractivity contribution is 6.01. The molecule has 3 amide bonds. The van der Waals surface area contributed by atoms with Gasteiger partial charge in [0.15, 0.2) is 0 Å². The fraction of sp³-hybridized carbons (Fsp3) is 0.769. The van der Waals surface area contributed by atoms with E-state index in [1.807, 2.05) is 6.07 Å². The molecule has 1 aromatic carbocycles. The topological polar surface area (TPSA) is 87.3 Å². The summed E-state index contributed by atoms with van der Waals surface area (Å²) >= 11 is 0. The molecule has 0 atom stereocenters. The van der Waals surface area contributed by atoms with E-state index in [9.17, 15) is 14.4 Å². The number of carbonyl (C=O) groups is 3. The third-order valence-corrected chi connectivity index (χ3v) is 11.2. The first-order valence-electron chi connectivity index (χ1n) is 19.0. The number of anilines is 2. The van der Waals surface area contributed by atoms with Crippen molar-refractivity contribution < 1.29 is 14.4 Å². The van der Waals surface area contributed by atoms with Gasteiger partial charge in [-0.2, -0.15) is 0 Å². The Bertz CT molecular complexity index is 1000. The number of unbranched alkanes of at least 4 members (excludes halogenated alkanes) is 3. The number of carbonyl (C=O) groups excluding carboxylic acids is 3. The van der Waals surface area contributed by atoms with Crippen molar-refractivity contribution in [2.24, 2.45) is 29.6 Å². The smallest absolute Gasteiger partial charge is 0.251 e. The average molecular weight is 622 g/mol. The van der Waals surface area contributed by atoms with Crippen LogP contribution < -0.4 is 16.0 Å². The number of hydrogen-bond donors (Lipinski definition) is 3. The lowest BCUT2D eigenvalue weighted by Gasteiger charge is -2.29. The van der Waals surface area contributed by atoms with Gasteiger partial charge in [0.25, 0.3) is 5.91 Å². The number of benzene rings is 1. The van der Waals surface area contributed by atoms with Crippen LogP contribution in [0, 0.1) is 29.6 Å². The number of amides is 3. The van der Waals surface area contributed by atoms with Gasteiger partial charge in [-0.15, -0.1) is 0 Å². The van der Waals surface area contributed by atoms with Crippen molar-refractivity contribution >= 4 is 29.1 Å². The number of nitrogens with one attached hydrogen (secondary N) is 3. The lowest BCUT2D eigenvalue weighted by molar-refractivity contribution is -0.121. The van der Waals surface area contributed by atoms with Gasteiger partial charge in [0, 0.05) is 34.8 Å². The maximum absolute atomic E-state index is 13.6. The zero-order valence-corrected chi connectivity index (χ0v) is 28.8. The van der Waals surface area contributed by atoms with Gasteiger partial charge in [-0.25, -0.2) is 0 Å². The first-order valence-corrected chi connectivity index (χ1v) is 19.0. The molecule has 3 N–H and O–H groups in total. The molecule has 3 fully saturated rings. The largest absolute Gasteiger partial charge is 0.349 e. The summed E-state index contributed by atoms with van der Waals surface area (Å²) in [5.74, 6) is 2.23. The van der Waals surface area contributed by atoms with E-state index in [0.29, 0.717) is 16.9 Å². The highest BCUT2D eigenvalue weighted by Crippen LogP contribution is 2.35. The summed E-state index contributed by atoms with van der Waals surface area (Å²) in [7, 11) is 0. The lowest BCUT2D eigenvalue weighted by Crippen LogP contribution is -2.37. The van der Waals surface area contributed by atoms with Gasteiger partial charge in [0.2, 0.25) is 11.8 Å². The molecule has 3 aliphatic rings. The summed E-state index contributed by atoms with van der Waals surface area (Å²) in [6.45, 7) is 6.72. The predicted octanol–water partition coefficient (Wildman–Crippen LogP) is 10.0. The molecular weight excluding hydrogens is 558 g/mol. The Morgan fingerprint density at radius 1 is 0.556 bits per heavy atom.